The molecular formula is C56H82B40Br4N10O7. The van der Waals surface area contributed by atoms with Crippen LogP contribution in [-0.4, -0.2) is 462 Å². The molecule has 61 heteroatoms. The second-order valence-electron chi connectivity index (χ2n) is 31.2. The minimum atomic E-state index is -1.20. The van der Waals surface area contributed by atoms with E-state index in [1.165, 1.54) is 0 Å². The summed E-state index contributed by atoms with van der Waals surface area (Å²) in [5, 5.41) is 3.15. The van der Waals surface area contributed by atoms with E-state index < -0.39 is 115 Å². The number of rotatable bonds is 29. The number of carbonyl (C=O) groups is 3. The van der Waals surface area contributed by atoms with Crippen LogP contribution in [0.4, 0.5) is 0 Å². The van der Waals surface area contributed by atoms with Gasteiger partial charge < -0.3 is 38.6 Å². The number of pyridine rings is 4. The van der Waals surface area contributed by atoms with E-state index in [9.17, 15) is 14.4 Å². The zero-order valence-electron chi connectivity index (χ0n) is 68.5. The number of halogens is 4. The summed E-state index contributed by atoms with van der Waals surface area (Å²) in [7, 11) is 123. The molecule has 0 aromatic carbocycles. The van der Waals surface area contributed by atoms with Crippen LogP contribution in [0.25, 0.3) is 6.08 Å². The minimum absolute atomic E-state index is 0. The maximum absolute atomic E-state index is 10.7. The third-order valence-corrected chi connectivity index (χ3v) is 23.5. The van der Waals surface area contributed by atoms with Crippen molar-refractivity contribution in [2.45, 2.75) is 98.1 Å². The molecule has 9 heterocycles. The Bertz CT molecular complexity index is 3290. The lowest BCUT2D eigenvalue weighted by molar-refractivity contribution is -0.120. The summed E-state index contributed by atoms with van der Waals surface area (Å²) in [6.07, 6.45) is -6.46. The Morgan fingerprint density at radius 1 is 0.402 bits per heavy atom. The molecule has 5 fully saturated rings. The van der Waals surface area contributed by atoms with Crippen molar-refractivity contribution in [3.05, 3.63) is 128 Å². The van der Waals surface area contributed by atoms with Gasteiger partial charge in [-0.2, -0.15) is 0 Å². The second-order valence-corrected chi connectivity index (χ2v) is 34.7. The number of nitrogens with one attached hydrogen (secondary N) is 1. The number of nitrogens with zero attached hydrogens (tertiary/aromatic N) is 9. The van der Waals surface area contributed by atoms with Crippen molar-refractivity contribution in [2.75, 3.05) is 91.6 Å². The molecule has 4 aromatic heterocycles. The van der Waals surface area contributed by atoms with Gasteiger partial charge in [-0.3, -0.25) is 39.1 Å². The molecule has 3 amide bonds. The number of amides is 3. The van der Waals surface area contributed by atoms with Gasteiger partial charge in [-0.05, 0) is 168 Å². The van der Waals surface area contributed by atoms with Crippen LogP contribution in [0, 0.1) is 0 Å². The fourth-order valence-electron chi connectivity index (χ4n) is 13.8. The van der Waals surface area contributed by atoms with E-state index in [0.29, 0.717) is 0 Å². The molecule has 0 spiro atoms. The first-order valence-electron chi connectivity index (χ1n) is 38.5. The number of carbonyl (C=O) groups excluding carboxylic acids is 3. The molecule has 40 radical (unpaired) electrons. The first-order chi connectivity index (χ1) is 54.2. The molecule has 0 atom stereocenters. The van der Waals surface area contributed by atoms with Crippen LogP contribution >= 0.6 is 63.7 Å². The number of hydrogen-bond acceptors (Lipinski definition) is 14. The average molecular weight is 1760 g/mol. The van der Waals surface area contributed by atoms with Crippen LogP contribution < -0.4 is 10.8 Å². The maximum Gasteiger partial charge on any atom is 0.496 e. The predicted octanol–water partition coefficient (Wildman–Crippen LogP) is -6.03. The molecule has 0 saturated carbocycles. The highest BCUT2D eigenvalue weighted by atomic mass is 79.9. The summed E-state index contributed by atoms with van der Waals surface area (Å²) < 4.78 is 27.1. The van der Waals surface area contributed by atoms with Crippen LogP contribution in [0.5, 0.6) is 0 Å². The molecule has 9 rings (SSSR count). The predicted molar refractivity (Wildman–Crippen MR) is 551 cm³/mol. The summed E-state index contributed by atoms with van der Waals surface area (Å²) in [5.74, 6) is 1.68. The Hall–Kier alpha value is -1.27. The van der Waals surface area contributed by atoms with Crippen molar-refractivity contribution in [2.24, 2.45) is 0 Å². The summed E-state index contributed by atoms with van der Waals surface area (Å²) >= 11 is 13.1. The number of aromatic nitrogens is 4. The molecule has 5 aliphatic rings. The van der Waals surface area contributed by atoms with E-state index in [4.69, 9.17) is 173 Å². The van der Waals surface area contributed by atoms with Crippen molar-refractivity contribution >= 4 is 378 Å². The van der Waals surface area contributed by atoms with Crippen LogP contribution in [0.2, 0.25) is 0 Å². The topological polar surface area (TPSA) is 168 Å². The lowest BCUT2D eigenvalue weighted by atomic mass is 8.28. The van der Waals surface area contributed by atoms with E-state index in [1.54, 1.807) is 29.3 Å². The quantitative estimate of drug-likeness (QED) is 0.0310. The highest BCUT2D eigenvalue weighted by Crippen LogP contribution is 2.38. The summed E-state index contributed by atoms with van der Waals surface area (Å²) in [6.45, 7) is 36.3. The zero-order valence-corrected chi connectivity index (χ0v) is 74.9. The fraction of sp³-hybridized carbons (Fsp3) is 0.518. The SMILES string of the molecule is Brc1ccc(Br)nc1.C.C=CB1OC(C)(C)C(C)(C)O1.C=Cc1ccc(Br)cn1.CC1(C)OB(c2ccc(CCN3CCN(C=O)CC3)nc2)OC1(C)C.O=CN1CCN(CCc2ccc(Br)cn2)CC1.O=CN1CCNCC1.[B]B([B])B(B([B])[B])B(B(B([B])[B])B([B])[B])B(B(B([B])[B])B([B])[B])B(B(B([B])[B])B([B])[B])B(B([B])[B])B([B])[B]. The first-order valence-corrected chi connectivity index (χ1v) is 41.7. The van der Waals surface area contributed by atoms with Gasteiger partial charge in [0, 0.05) is 429 Å². The lowest BCUT2D eigenvalue weighted by Crippen LogP contribution is -2.92. The van der Waals surface area contributed by atoms with Crippen LogP contribution in [-0.2, 0) is 45.8 Å². The Balaban J connectivity index is 0.000000502. The third-order valence-electron chi connectivity index (χ3n) is 21.6. The van der Waals surface area contributed by atoms with Crippen molar-refractivity contribution in [3.63, 3.8) is 0 Å². The highest BCUT2D eigenvalue weighted by molar-refractivity contribution is 9.11. The van der Waals surface area contributed by atoms with Crippen molar-refractivity contribution < 1.29 is 33.0 Å². The van der Waals surface area contributed by atoms with Crippen molar-refractivity contribution in [1.82, 2.24) is 49.8 Å². The van der Waals surface area contributed by atoms with Gasteiger partial charge >= 0.3 is 14.2 Å². The zero-order chi connectivity index (χ0) is 87.8. The van der Waals surface area contributed by atoms with E-state index >= 15 is 0 Å². The van der Waals surface area contributed by atoms with Gasteiger partial charge in [0.25, 0.3) is 0 Å². The van der Waals surface area contributed by atoms with Crippen LogP contribution in [0.1, 0.15) is 79.9 Å². The third kappa shape index (κ3) is 37.7. The minimum Gasteiger partial charge on any atom is -0.400 e. The largest absolute Gasteiger partial charge is 0.496 e. The molecule has 4 aromatic rings. The van der Waals surface area contributed by atoms with E-state index in [2.05, 4.69) is 152 Å². The first kappa shape index (κ1) is 112. The van der Waals surface area contributed by atoms with Gasteiger partial charge in [0.1, 0.15) is 4.60 Å². The summed E-state index contributed by atoms with van der Waals surface area (Å²) in [6, 6.07) is 15.8. The summed E-state index contributed by atoms with van der Waals surface area (Å²) in [4.78, 5) is 58.5. The smallest absolute Gasteiger partial charge is 0.400 e. The molecule has 1 N–H and O–H groups in total. The standard InChI is InChI=1S/C18H28BN3O3.C12H16BrN3O.C8H15BO2.C7H6BrN.C5H3Br2N.C5H10N2O.CH4.B38/c1-17(2)18(3,4)25-19(24-17)15-5-6-16(20-13-15)7-8-21-9-11-22(14-23)12-10-21;13-11-1-2-12(14-9-11)3-4-15-5-7-16(10-17)8-6-15;1-6-9-10-7(2,3)8(4,5)11-9;1-2-7-4-3-6(8)5-9-7;6-4-1-2-5(7)8-3-4;8-5-7-3-1-6-2-4-7;;1-21(2)31(22(3)4)36(32(23(5)6)24(7)8)38(35(29(17)18)30(19)20)37(33(25(9)10)26(11)12)34(27(13)14)28(15)16/h5-6,13-14H,7-12H2,1-4H3;1-2,9-10H,3-8H2;6H,1H2,2-5H3;2-5H,1H2;1-3H;5-6H,1-4H2;1H4;. The average Bonchev–Trinajstić information content (AvgIpc) is 1.65. The summed E-state index contributed by atoms with van der Waals surface area (Å²) in [5.41, 5.74) is 2.92. The monoisotopic (exact) mass is 1760 g/mol. The molecule has 117 heavy (non-hydrogen) atoms. The van der Waals surface area contributed by atoms with Crippen LogP contribution in [0.3, 0.4) is 0 Å². The Labute approximate surface area is 771 Å². The second kappa shape index (κ2) is 55.4. The highest BCUT2D eigenvalue weighted by Gasteiger charge is 2.57. The molecule has 546 valence electrons. The normalized spacial score (nSPS) is 15.8. The van der Waals surface area contributed by atoms with Gasteiger partial charge in [-0.25, -0.2) is 4.98 Å². The van der Waals surface area contributed by atoms with E-state index in [0.717, 1.165) is 164 Å². The van der Waals surface area contributed by atoms with Gasteiger partial charge in [0.2, 0.25) is 19.2 Å². The Kier molecular flexibility index (Phi) is 52.9. The van der Waals surface area contributed by atoms with Crippen LogP contribution in [0.15, 0.2) is 110 Å². The number of hydrogen-bond donors (Lipinski definition) is 1. The molecule has 0 bridgehead atoms. The van der Waals surface area contributed by atoms with E-state index in [-0.39, 0.29) is 44.1 Å². The molecule has 5 saturated heterocycles. The maximum atomic E-state index is 10.7. The van der Waals surface area contributed by atoms with Crippen molar-refractivity contribution in [3.8, 4) is 0 Å². The van der Waals surface area contributed by atoms with Gasteiger partial charge in [0.05, 0.1) is 28.1 Å². The van der Waals surface area contributed by atoms with Gasteiger partial charge in [-0.1, -0.05) is 26.0 Å². The number of piperazine rings is 3. The molecule has 5 aliphatic heterocycles. The molecule has 0 aliphatic carbocycles. The Morgan fingerprint density at radius 2 is 0.701 bits per heavy atom. The molecular weight excluding hydrogens is 1680 g/mol. The van der Waals surface area contributed by atoms with Crippen molar-refractivity contribution in [1.29, 1.82) is 0 Å². The van der Waals surface area contributed by atoms with E-state index in [1.807, 2.05) is 86.3 Å². The van der Waals surface area contributed by atoms with Gasteiger partial charge in [-0.15, -0.1) is 6.58 Å². The Morgan fingerprint density at radius 3 is 0.949 bits per heavy atom. The van der Waals surface area contributed by atoms with Gasteiger partial charge in [0.15, 0.2) is 0 Å². The fourth-order valence-corrected chi connectivity index (χ4v) is 14.7. The molecule has 17 nitrogen and oxygen atoms in total. The molecule has 0 unspecified atom stereocenters. The lowest BCUT2D eigenvalue weighted by Gasteiger charge is -2.53.